The lowest BCUT2D eigenvalue weighted by atomic mass is 10.1. The van der Waals surface area contributed by atoms with E-state index in [0.29, 0.717) is 11.1 Å². The van der Waals surface area contributed by atoms with Gasteiger partial charge in [0.25, 0.3) is 5.91 Å². The SMILES string of the molecule is CC(C)Oc1ccc2c(C(=O)Nc3cc(F)ccc3F)cc(=O)oc2c1. The van der Waals surface area contributed by atoms with Crippen molar-refractivity contribution in [2.45, 2.75) is 20.0 Å². The first-order valence-corrected chi connectivity index (χ1v) is 7.84. The third-order valence-electron chi connectivity index (χ3n) is 3.51. The predicted molar refractivity (Wildman–Crippen MR) is 92.6 cm³/mol. The van der Waals surface area contributed by atoms with E-state index in [4.69, 9.17) is 9.15 Å². The Balaban J connectivity index is 2.02. The van der Waals surface area contributed by atoms with Crippen LogP contribution in [0.4, 0.5) is 14.5 Å². The summed E-state index contributed by atoms with van der Waals surface area (Å²) >= 11 is 0. The van der Waals surface area contributed by atoms with Crippen LogP contribution >= 0.6 is 0 Å². The fourth-order valence-electron chi connectivity index (χ4n) is 2.46. The number of amides is 1. The van der Waals surface area contributed by atoms with Gasteiger partial charge in [-0.05, 0) is 38.1 Å². The molecule has 3 rings (SSSR count). The summed E-state index contributed by atoms with van der Waals surface area (Å²) in [5.41, 5.74) is -0.934. The number of halogens is 2. The average Bonchev–Trinajstić information content (AvgIpc) is 2.56. The van der Waals surface area contributed by atoms with Crippen molar-refractivity contribution in [3.63, 3.8) is 0 Å². The van der Waals surface area contributed by atoms with Gasteiger partial charge in [0.2, 0.25) is 0 Å². The van der Waals surface area contributed by atoms with Crippen molar-refractivity contribution < 1.29 is 22.7 Å². The second kappa shape index (κ2) is 6.95. The summed E-state index contributed by atoms with van der Waals surface area (Å²) in [4.78, 5) is 24.3. The van der Waals surface area contributed by atoms with Gasteiger partial charge in [0.1, 0.15) is 23.0 Å². The molecule has 0 aliphatic heterocycles. The molecule has 1 N–H and O–H groups in total. The van der Waals surface area contributed by atoms with E-state index in [1.807, 2.05) is 13.8 Å². The van der Waals surface area contributed by atoms with Crippen LogP contribution in [0.2, 0.25) is 0 Å². The third-order valence-corrected chi connectivity index (χ3v) is 3.51. The first-order chi connectivity index (χ1) is 12.3. The Hall–Kier alpha value is -3.22. The van der Waals surface area contributed by atoms with Crippen LogP contribution in [-0.2, 0) is 0 Å². The molecule has 0 fully saturated rings. The summed E-state index contributed by atoms with van der Waals surface area (Å²) in [7, 11) is 0. The predicted octanol–water partition coefficient (Wildman–Crippen LogP) is 4.11. The highest BCUT2D eigenvalue weighted by Gasteiger charge is 2.16. The van der Waals surface area contributed by atoms with E-state index < -0.39 is 23.2 Å². The number of hydrogen-bond acceptors (Lipinski definition) is 4. The quantitative estimate of drug-likeness (QED) is 0.712. The van der Waals surface area contributed by atoms with Crippen molar-refractivity contribution in [2.75, 3.05) is 5.32 Å². The summed E-state index contributed by atoms with van der Waals surface area (Å²) in [6.07, 6.45) is -0.0818. The van der Waals surface area contributed by atoms with Gasteiger partial charge in [-0.15, -0.1) is 0 Å². The molecular formula is C19H15F2NO4. The molecule has 7 heteroatoms. The van der Waals surface area contributed by atoms with Crippen molar-refractivity contribution in [1.82, 2.24) is 0 Å². The van der Waals surface area contributed by atoms with Crippen LogP contribution in [0.25, 0.3) is 11.0 Å². The maximum atomic E-state index is 13.7. The molecule has 1 amide bonds. The fourth-order valence-corrected chi connectivity index (χ4v) is 2.46. The zero-order chi connectivity index (χ0) is 18.8. The zero-order valence-electron chi connectivity index (χ0n) is 14.0. The van der Waals surface area contributed by atoms with Crippen LogP contribution in [-0.4, -0.2) is 12.0 Å². The Bertz CT molecular complexity index is 1040. The molecule has 0 aliphatic rings. The first-order valence-electron chi connectivity index (χ1n) is 7.84. The molecule has 1 heterocycles. The fraction of sp³-hybridized carbons (Fsp3) is 0.158. The molecule has 134 valence electrons. The van der Waals surface area contributed by atoms with Gasteiger partial charge < -0.3 is 14.5 Å². The van der Waals surface area contributed by atoms with E-state index in [2.05, 4.69) is 5.32 Å². The van der Waals surface area contributed by atoms with Crippen molar-refractivity contribution in [2.24, 2.45) is 0 Å². The van der Waals surface area contributed by atoms with Gasteiger partial charge in [-0.25, -0.2) is 13.6 Å². The molecule has 0 spiro atoms. The second-order valence-corrected chi connectivity index (χ2v) is 5.88. The number of anilines is 1. The molecule has 26 heavy (non-hydrogen) atoms. The van der Waals surface area contributed by atoms with Crippen molar-refractivity contribution in [3.05, 3.63) is 70.1 Å². The number of ether oxygens (including phenoxy) is 1. The molecule has 5 nitrogen and oxygen atoms in total. The van der Waals surface area contributed by atoms with Crippen molar-refractivity contribution in [1.29, 1.82) is 0 Å². The molecule has 1 aromatic heterocycles. The summed E-state index contributed by atoms with van der Waals surface area (Å²) in [5.74, 6) is -1.77. The maximum Gasteiger partial charge on any atom is 0.337 e. The Morgan fingerprint density at radius 3 is 2.62 bits per heavy atom. The maximum absolute atomic E-state index is 13.7. The summed E-state index contributed by atoms with van der Waals surface area (Å²) in [5, 5.41) is 2.61. The number of carbonyl (C=O) groups excluding carboxylic acids is 1. The van der Waals surface area contributed by atoms with Gasteiger partial charge >= 0.3 is 5.63 Å². The molecule has 0 bridgehead atoms. The van der Waals surface area contributed by atoms with E-state index in [1.54, 1.807) is 12.1 Å². The first kappa shape index (κ1) is 17.6. The van der Waals surface area contributed by atoms with Gasteiger partial charge in [-0.1, -0.05) is 0 Å². The molecule has 2 aromatic carbocycles. The van der Waals surface area contributed by atoms with Crippen molar-refractivity contribution in [3.8, 4) is 5.75 Å². The zero-order valence-corrected chi connectivity index (χ0v) is 14.0. The molecule has 0 aliphatic carbocycles. The highest BCUT2D eigenvalue weighted by molar-refractivity contribution is 6.12. The van der Waals surface area contributed by atoms with Crippen LogP contribution in [0.15, 0.2) is 51.7 Å². The monoisotopic (exact) mass is 359 g/mol. The van der Waals surface area contributed by atoms with E-state index in [0.717, 1.165) is 24.3 Å². The Kier molecular flexibility index (Phi) is 4.71. The Morgan fingerprint density at radius 2 is 1.88 bits per heavy atom. The minimum Gasteiger partial charge on any atom is -0.491 e. The van der Waals surface area contributed by atoms with E-state index in [-0.39, 0.29) is 22.9 Å². The van der Waals surface area contributed by atoms with Crippen LogP contribution in [0, 0.1) is 11.6 Å². The highest BCUT2D eigenvalue weighted by atomic mass is 19.1. The van der Waals surface area contributed by atoms with Crippen LogP contribution in [0.1, 0.15) is 24.2 Å². The summed E-state index contributed by atoms with van der Waals surface area (Å²) < 4.78 is 37.7. The van der Waals surface area contributed by atoms with Gasteiger partial charge in [0.05, 0.1) is 17.4 Å². The lowest BCUT2D eigenvalue weighted by Gasteiger charge is -2.11. The molecule has 0 unspecified atom stereocenters. The van der Waals surface area contributed by atoms with Gasteiger partial charge in [-0.2, -0.15) is 0 Å². The minimum absolute atomic E-state index is 0.0176. The molecule has 0 saturated heterocycles. The van der Waals surface area contributed by atoms with E-state index in [9.17, 15) is 18.4 Å². The number of benzene rings is 2. The van der Waals surface area contributed by atoms with E-state index in [1.165, 1.54) is 6.07 Å². The number of carbonyl (C=O) groups is 1. The van der Waals surface area contributed by atoms with Gasteiger partial charge in [-0.3, -0.25) is 4.79 Å². The number of fused-ring (bicyclic) bond motifs is 1. The largest absolute Gasteiger partial charge is 0.491 e. The summed E-state index contributed by atoms with van der Waals surface area (Å²) in [6, 6.07) is 8.38. The Morgan fingerprint density at radius 1 is 1.12 bits per heavy atom. The minimum atomic E-state index is -0.792. The van der Waals surface area contributed by atoms with Crippen molar-refractivity contribution >= 4 is 22.6 Å². The number of hydrogen-bond donors (Lipinski definition) is 1. The summed E-state index contributed by atoms with van der Waals surface area (Å²) in [6.45, 7) is 3.69. The number of rotatable bonds is 4. The smallest absolute Gasteiger partial charge is 0.337 e. The van der Waals surface area contributed by atoms with E-state index >= 15 is 0 Å². The lowest BCUT2D eigenvalue weighted by molar-refractivity contribution is 0.102. The van der Waals surface area contributed by atoms with Crippen LogP contribution in [0.5, 0.6) is 5.75 Å². The standard InChI is InChI=1S/C19H15F2NO4/c1-10(2)25-12-4-5-13-14(9-18(23)26-17(13)8-12)19(24)22-16-7-11(20)3-6-15(16)21/h3-10H,1-2H3,(H,22,24). The Labute approximate surface area is 147 Å². The highest BCUT2D eigenvalue weighted by Crippen LogP contribution is 2.24. The number of nitrogens with one attached hydrogen (secondary N) is 1. The molecule has 0 saturated carbocycles. The van der Waals surface area contributed by atoms with Crippen LogP contribution in [0.3, 0.4) is 0 Å². The average molecular weight is 359 g/mol. The molecule has 0 radical (unpaired) electrons. The van der Waals surface area contributed by atoms with Crippen LogP contribution < -0.4 is 15.7 Å². The van der Waals surface area contributed by atoms with Gasteiger partial charge in [0.15, 0.2) is 0 Å². The second-order valence-electron chi connectivity index (χ2n) is 5.88. The topological polar surface area (TPSA) is 68.5 Å². The normalized spacial score (nSPS) is 11.0. The third kappa shape index (κ3) is 3.72. The molecule has 3 aromatic rings. The van der Waals surface area contributed by atoms with Gasteiger partial charge in [0, 0.05) is 23.6 Å². The molecule has 0 atom stereocenters. The molecular weight excluding hydrogens is 344 g/mol. The lowest BCUT2D eigenvalue weighted by Crippen LogP contribution is -2.16.